The third kappa shape index (κ3) is 4.89. The molecule has 0 bridgehead atoms. The molecule has 152 valence electrons. The highest BCUT2D eigenvalue weighted by Gasteiger charge is 2.44. The minimum absolute atomic E-state index is 0.127. The largest absolute Gasteiger partial charge is 0.431 e. The number of carbonyl (C=O) groups excluding carboxylic acids is 1. The Bertz CT molecular complexity index is 973. The van der Waals surface area contributed by atoms with Crippen LogP contribution < -0.4 is 5.32 Å². The number of hydrogen-bond acceptors (Lipinski definition) is 4. The molecule has 3 rings (SSSR count). The van der Waals surface area contributed by atoms with Crippen molar-refractivity contribution in [2.24, 2.45) is 0 Å². The van der Waals surface area contributed by atoms with Gasteiger partial charge in [0.1, 0.15) is 11.4 Å². The molecule has 1 N–H and O–H groups in total. The number of benzene rings is 2. The number of nitrogens with zero attached hydrogens (tertiary/aromatic N) is 1. The highest BCUT2D eigenvalue weighted by Crippen LogP contribution is 2.37. The predicted molar refractivity (Wildman–Crippen MR) is 102 cm³/mol. The summed E-state index contributed by atoms with van der Waals surface area (Å²) < 4.78 is 50.1. The number of nitrogens with one attached hydrogen (secondary N) is 1. The second-order valence-corrected chi connectivity index (χ2v) is 6.43. The maximum absolute atomic E-state index is 13.4. The van der Waals surface area contributed by atoms with Crippen molar-refractivity contribution in [3.8, 4) is 11.3 Å². The summed E-state index contributed by atoms with van der Waals surface area (Å²) in [5.41, 5.74) is 1.68. The Hall–Kier alpha value is -3.00. The molecule has 1 atom stereocenters. The van der Waals surface area contributed by atoms with Gasteiger partial charge in [-0.05, 0) is 12.5 Å². The van der Waals surface area contributed by atoms with Gasteiger partial charge in [-0.1, -0.05) is 59.8 Å². The van der Waals surface area contributed by atoms with E-state index in [4.69, 9.17) is 20.9 Å². The van der Waals surface area contributed by atoms with Gasteiger partial charge >= 0.3 is 12.3 Å². The van der Waals surface area contributed by atoms with E-state index in [0.717, 1.165) is 5.56 Å². The third-order valence-corrected chi connectivity index (χ3v) is 4.39. The fourth-order valence-electron chi connectivity index (χ4n) is 2.65. The molecule has 0 spiro atoms. The van der Waals surface area contributed by atoms with E-state index >= 15 is 0 Å². The Morgan fingerprint density at radius 2 is 1.83 bits per heavy atom. The van der Waals surface area contributed by atoms with Gasteiger partial charge in [0.15, 0.2) is 5.76 Å². The highest BCUT2D eigenvalue weighted by atomic mass is 35.5. The molecule has 0 saturated carbocycles. The molecule has 29 heavy (non-hydrogen) atoms. The van der Waals surface area contributed by atoms with Crippen molar-refractivity contribution in [2.45, 2.75) is 25.1 Å². The molecule has 1 amide bonds. The zero-order chi connectivity index (χ0) is 21.0. The van der Waals surface area contributed by atoms with E-state index in [2.05, 4.69) is 10.5 Å². The molecule has 1 heterocycles. The molecule has 1 unspecified atom stereocenters. The van der Waals surface area contributed by atoms with E-state index in [1.54, 1.807) is 37.3 Å². The fraction of sp³-hybridized carbons (Fsp3) is 0.200. The second kappa shape index (κ2) is 8.57. The molecule has 0 aliphatic heterocycles. The number of carbonyl (C=O) groups is 1. The zero-order valence-corrected chi connectivity index (χ0v) is 15.9. The summed E-state index contributed by atoms with van der Waals surface area (Å²) in [6.07, 6.45) is -8.46. The Morgan fingerprint density at radius 3 is 2.41 bits per heavy atom. The summed E-state index contributed by atoms with van der Waals surface area (Å²) in [5.74, 6) is 0.523. The van der Waals surface area contributed by atoms with Crippen LogP contribution in [0.15, 0.2) is 59.1 Å². The molecule has 2 aromatic carbocycles. The van der Waals surface area contributed by atoms with Gasteiger partial charge in [0.25, 0.3) is 0 Å². The van der Waals surface area contributed by atoms with Gasteiger partial charge in [0.05, 0.1) is 0 Å². The number of alkyl halides is 4. The van der Waals surface area contributed by atoms with Gasteiger partial charge in [-0.15, -0.1) is 11.6 Å². The summed E-state index contributed by atoms with van der Waals surface area (Å²) in [6.45, 7) is 1.55. The van der Waals surface area contributed by atoms with Crippen LogP contribution in [0.1, 0.15) is 22.9 Å². The number of ether oxygens (including phenoxy) is 1. The van der Waals surface area contributed by atoms with E-state index in [0.29, 0.717) is 17.1 Å². The minimum atomic E-state index is -4.78. The standard InChI is InChI=1S/C20H16ClF3N2O3/c1-12-16(17(29-26-12)14-9-7-13(11-21)8-10-14)25-19(27)28-18(20(22,23)24)15-5-3-2-4-6-15/h2-10,18H,11H2,1H3,(H,25,27). The fourth-order valence-corrected chi connectivity index (χ4v) is 2.83. The SMILES string of the molecule is Cc1noc(-c2ccc(CCl)cc2)c1NC(=O)OC(c1ccccc1)C(F)(F)F. The molecular formula is C20H16ClF3N2O3. The van der Waals surface area contributed by atoms with Gasteiger partial charge in [-0.25, -0.2) is 4.79 Å². The summed E-state index contributed by atoms with van der Waals surface area (Å²) in [7, 11) is 0. The van der Waals surface area contributed by atoms with Gasteiger partial charge < -0.3 is 9.26 Å². The predicted octanol–water partition coefficient (Wildman–Crippen LogP) is 6.24. The van der Waals surface area contributed by atoms with E-state index in [9.17, 15) is 18.0 Å². The first-order valence-corrected chi connectivity index (χ1v) is 9.04. The molecule has 0 radical (unpaired) electrons. The van der Waals surface area contributed by atoms with Crippen molar-refractivity contribution in [1.82, 2.24) is 5.16 Å². The van der Waals surface area contributed by atoms with Crippen LogP contribution >= 0.6 is 11.6 Å². The number of halogens is 4. The molecular weight excluding hydrogens is 409 g/mol. The molecule has 1 aromatic heterocycles. The zero-order valence-electron chi connectivity index (χ0n) is 15.2. The van der Waals surface area contributed by atoms with Gasteiger partial charge in [-0.3, -0.25) is 5.32 Å². The number of amides is 1. The molecule has 5 nitrogen and oxygen atoms in total. The van der Waals surface area contributed by atoms with E-state index in [1.807, 2.05) is 0 Å². The molecule has 0 aliphatic carbocycles. The van der Waals surface area contributed by atoms with Crippen LogP contribution in [0.5, 0.6) is 0 Å². The smallest absolute Gasteiger partial charge is 0.429 e. The number of aryl methyl sites for hydroxylation is 1. The monoisotopic (exact) mass is 424 g/mol. The van der Waals surface area contributed by atoms with Gasteiger partial charge in [0.2, 0.25) is 6.10 Å². The molecule has 0 saturated heterocycles. The Morgan fingerprint density at radius 1 is 1.17 bits per heavy atom. The van der Waals surface area contributed by atoms with Crippen LogP contribution in [0, 0.1) is 6.92 Å². The van der Waals surface area contributed by atoms with Crippen molar-refractivity contribution in [2.75, 3.05) is 5.32 Å². The number of anilines is 1. The van der Waals surface area contributed by atoms with Crippen LogP contribution in [0.3, 0.4) is 0 Å². The molecule has 9 heteroatoms. The van der Waals surface area contributed by atoms with Crippen LogP contribution in [0.2, 0.25) is 0 Å². The van der Waals surface area contributed by atoms with Crippen molar-refractivity contribution in [3.05, 3.63) is 71.4 Å². The number of hydrogen-bond donors (Lipinski definition) is 1. The first kappa shape index (κ1) is 20.7. The van der Waals surface area contributed by atoms with Crippen molar-refractivity contribution < 1.29 is 27.2 Å². The van der Waals surface area contributed by atoms with Gasteiger partial charge in [-0.2, -0.15) is 13.2 Å². The number of aromatic nitrogens is 1. The van der Waals surface area contributed by atoms with Crippen molar-refractivity contribution >= 4 is 23.4 Å². The van der Waals surface area contributed by atoms with E-state index < -0.39 is 18.4 Å². The van der Waals surface area contributed by atoms with Crippen LogP contribution in [-0.2, 0) is 10.6 Å². The van der Waals surface area contributed by atoms with Crippen molar-refractivity contribution in [1.29, 1.82) is 0 Å². The third-order valence-electron chi connectivity index (χ3n) is 4.08. The minimum Gasteiger partial charge on any atom is -0.431 e. The lowest BCUT2D eigenvalue weighted by atomic mass is 10.1. The molecule has 3 aromatic rings. The second-order valence-electron chi connectivity index (χ2n) is 6.17. The Labute approximate surface area is 169 Å². The van der Waals surface area contributed by atoms with E-state index in [-0.39, 0.29) is 17.0 Å². The average Bonchev–Trinajstić information content (AvgIpc) is 3.06. The number of rotatable bonds is 5. The Balaban J connectivity index is 1.82. The van der Waals surface area contributed by atoms with E-state index in [1.165, 1.54) is 24.3 Å². The molecule has 0 fully saturated rings. The highest BCUT2D eigenvalue weighted by molar-refractivity contribution is 6.17. The lowest BCUT2D eigenvalue weighted by Crippen LogP contribution is -2.28. The lowest BCUT2D eigenvalue weighted by molar-refractivity contribution is -0.205. The van der Waals surface area contributed by atoms with Crippen molar-refractivity contribution in [3.63, 3.8) is 0 Å². The summed E-state index contributed by atoms with van der Waals surface area (Å²) in [4.78, 5) is 12.3. The first-order chi connectivity index (χ1) is 13.8. The van der Waals surface area contributed by atoms with Crippen LogP contribution in [0.4, 0.5) is 23.7 Å². The maximum atomic E-state index is 13.4. The average molecular weight is 425 g/mol. The first-order valence-electron chi connectivity index (χ1n) is 8.50. The summed E-state index contributed by atoms with van der Waals surface area (Å²) in [5, 5.41) is 6.10. The normalized spacial score (nSPS) is 12.4. The van der Waals surface area contributed by atoms with Gasteiger partial charge in [0, 0.05) is 17.0 Å². The van der Waals surface area contributed by atoms with Crippen LogP contribution in [-0.4, -0.2) is 17.4 Å². The topological polar surface area (TPSA) is 64.4 Å². The maximum Gasteiger partial charge on any atom is 0.429 e. The van der Waals surface area contributed by atoms with Crippen LogP contribution in [0.25, 0.3) is 11.3 Å². The quantitative estimate of drug-likeness (QED) is 0.492. The summed E-state index contributed by atoms with van der Waals surface area (Å²) in [6, 6.07) is 13.8. The lowest BCUT2D eigenvalue weighted by Gasteiger charge is -2.21. The summed E-state index contributed by atoms with van der Waals surface area (Å²) >= 11 is 5.76. The Kier molecular flexibility index (Phi) is 6.12. The molecule has 0 aliphatic rings.